The summed E-state index contributed by atoms with van der Waals surface area (Å²) >= 11 is 3.43. The summed E-state index contributed by atoms with van der Waals surface area (Å²) in [5.41, 5.74) is 1.81. The molecule has 0 fully saturated rings. The van der Waals surface area contributed by atoms with E-state index in [1.165, 1.54) is 5.92 Å². The lowest BCUT2D eigenvalue weighted by Crippen LogP contribution is -1.90. The fraction of sp³-hybridized carbons (Fsp3) is 0.200. The van der Waals surface area contributed by atoms with Gasteiger partial charge in [0.05, 0.1) is 11.6 Å². The minimum atomic E-state index is 0.703. The van der Waals surface area contributed by atoms with Gasteiger partial charge in [-0.25, -0.2) is 0 Å². The molecule has 0 aliphatic carbocycles. The highest BCUT2D eigenvalue weighted by Gasteiger charge is 2.05. The molecule has 1 aromatic carbocycles. The van der Waals surface area contributed by atoms with Crippen molar-refractivity contribution in [2.24, 2.45) is 0 Å². The number of hydrogen-bond donors (Lipinski definition) is 0. The lowest BCUT2D eigenvalue weighted by Gasteiger charge is -2.06. The average molecular weight is 223 g/mol. The average Bonchev–Trinajstić information content (AvgIpc) is 2.05. The van der Waals surface area contributed by atoms with Gasteiger partial charge in [0.2, 0.25) is 0 Å². The van der Waals surface area contributed by atoms with Gasteiger partial charge in [0.15, 0.2) is 0 Å². The molecule has 0 aliphatic rings. The lowest BCUT2D eigenvalue weighted by atomic mass is 10.0. The third-order valence-corrected chi connectivity index (χ3v) is 2.33. The van der Waals surface area contributed by atoms with E-state index >= 15 is 0 Å². The van der Waals surface area contributed by atoms with E-state index < -0.39 is 0 Å². The standard InChI is InChI=1S/C10H9BrN/c1-7(2)9-5-8(6-12)3-4-10(9)11/h3-5H,1-2H3. The Morgan fingerprint density at radius 2 is 2.08 bits per heavy atom. The van der Waals surface area contributed by atoms with Crippen molar-refractivity contribution in [3.8, 4) is 6.07 Å². The van der Waals surface area contributed by atoms with Crippen molar-refractivity contribution in [1.29, 1.82) is 5.26 Å². The maximum atomic E-state index is 8.66. The first-order chi connectivity index (χ1) is 5.65. The van der Waals surface area contributed by atoms with Crippen LogP contribution in [0.15, 0.2) is 22.7 Å². The van der Waals surface area contributed by atoms with Crippen LogP contribution in [-0.4, -0.2) is 0 Å². The van der Waals surface area contributed by atoms with Crippen LogP contribution in [0.2, 0.25) is 0 Å². The molecule has 0 unspecified atom stereocenters. The zero-order valence-electron chi connectivity index (χ0n) is 7.06. The number of nitrogens with zero attached hydrogens (tertiary/aromatic N) is 1. The highest BCUT2D eigenvalue weighted by molar-refractivity contribution is 9.10. The molecular weight excluding hydrogens is 214 g/mol. The number of hydrogen-bond acceptors (Lipinski definition) is 1. The van der Waals surface area contributed by atoms with Gasteiger partial charge in [-0.1, -0.05) is 29.8 Å². The fourth-order valence-electron chi connectivity index (χ4n) is 0.978. The summed E-state index contributed by atoms with van der Waals surface area (Å²) in [6, 6.07) is 7.71. The van der Waals surface area contributed by atoms with Gasteiger partial charge in [0.25, 0.3) is 0 Å². The van der Waals surface area contributed by atoms with Crippen LogP contribution in [-0.2, 0) is 0 Å². The second kappa shape index (κ2) is 3.73. The predicted molar refractivity (Wildman–Crippen MR) is 52.6 cm³/mol. The van der Waals surface area contributed by atoms with E-state index in [-0.39, 0.29) is 0 Å². The molecule has 0 aromatic heterocycles. The van der Waals surface area contributed by atoms with Crippen LogP contribution in [0.4, 0.5) is 0 Å². The third kappa shape index (κ3) is 1.86. The van der Waals surface area contributed by atoms with Gasteiger partial charge in [-0.05, 0) is 29.7 Å². The van der Waals surface area contributed by atoms with Crippen molar-refractivity contribution in [3.63, 3.8) is 0 Å². The maximum absolute atomic E-state index is 8.66. The van der Waals surface area contributed by atoms with Crippen LogP contribution in [0.5, 0.6) is 0 Å². The van der Waals surface area contributed by atoms with Crippen molar-refractivity contribution < 1.29 is 0 Å². The third-order valence-electron chi connectivity index (χ3n) is 1.63. The Hall–Kier alpha value is -0.810. The van der Waals surface area contributed by atoms with Crippen LogP contribution < -0.4 is 0 Å². The summed E-state index contributed by atoms with van der Waals surface area (Å²) in [5.74, 6) is 1.21. The van der Waals surface area contributed by atoms with Gasteiger partial charge in [-0.2, -0.15) is 5.26 Å². The molecule has 0 aliphatic heterocycles. The van der Waals surface area contributed by atoms with Gasteiger partial charge in [0.1, 0.15) is 0 Å². The molecule has 0 N–H and O–H groups in total. The Morgan fingerprint density at radius 3 is 2.58 bits per heavy atom. The first kappa shape index (κ1) is 9.28. The summed E-state index contributed by atoms with van der Waals surface area (Å²) in [6.07, 6.45) is 0. The summed E-state index contributed by atoms with van der Waals surface area (Å²) in [5, 5.41) is 8.66. The van der Waals surface area contributed by atoms with Gasteiger partial charge in [0, 0.05) is 4.47 Å². The predicted octanol–water partition coefficient (Wildman–Crippen LogP) is 3.28. The highest BCUT2D eigenvalue weighted by Crippen LogP contribution is 2.24. The summed E-state index contributed by atoms with van der Waals surface area (Å²) in [4.78, 5) is 0. The van der Waals surface area contributed by atoms with Crippen LogP contribution in [0.25, 0.3) is 0 Å². The zero-order chi connectivity index (χ0) is 9.14. The van der Waals surface area contributed by atoms with Crippen molar-refractivity contribution in [2.45, 2.75) is 13.8 Å². The topological polar surface area (TPSA) is 23.8 Å². The highest BCUT2D eigenvalue weighted by atomic mass is 79.9. The number of rotatable bonds is 1. The fourth-order valence-corrected chi connectivity index (χ4v) is 1.62. The van der Waals surface area contributed by atoms with Crippen molar-refractivity contribution in [1.82, 2.24) is 0 Å². The normalized spacial score (nSPS) is 9.92. The molecule has 0 atom stereocenters. The molecule has 2 heteroatoms. The van der Waals surface area contributed by atoms with E-state index in [1.54, 1.807) is 6.07 Å². The van der Waals surface area contributed by atoms with E-state index in [4.69, 9.17) is 5.26 Å². The van der Waals surface area contributed by atoms with Crippen LogP contribution in [0.3, 0.4) is 0 Å². The number of benzene rings is 1. The molecule has 0 spiro atoms. The van der Waals surface area contributed by atoms with Crippen molar-refractivity contribution in [2.75, 3.05) is 0 Å². The maximum Gasteiger partial charge on any atom is 0.0991 e. The smallest absolute Gasteiger partial charge is 0.0991 e. The second-order valence-corrected chi connectivity index (χ2v) is 3.66. The Labute approximate surface area is 81.2 Å². The molecule has 61 valence electrons. The Balaban J connectivity index is 3.19. The van der Waals surface area contributed by atoms with Gasteiger partial charge >= 0.3 is 0 Å². The van der Waals surface area contributed by atoms with Crippen LogP contribution in [0.1, 0.15) is 25.0 Å². The van der Waals surface area contributed by atoms with E-state index in [9.17, 15) is 0 Å². The number of halogens is 1. The second-order valence-electron chi connectivity index (χ2n) is 2.81. The first-order valence-corrected chi connectivity index (χ1v) is 4.44. The van der Waals surface area contributed by atoms with Gasteiger partial charge in [-0.15, -0.1) is 0 Å². The first-order valence-electron chi connectivity index (χ1n) is 3.65. The largest absolute Gasteiger partial charge is 0.192 e. The monoisotopic (exact) mass is 222 g/mol. The van der Waals surface area contributed by atoms with Gasteiger partial charge < -0.3 is 0 Å². The molecule has 1 aromatic rings. The summed E-state index contributed by atoms with van der Waals surface area (Å²) < 4.78 is 1.04. The SMILES string of the molecule is C[C](C)c1cc(C#N)ccc1Br. The molecule has 1 radical (unpaired) electrons. The van der Waals surface area contributed by atoms with E-state index in [2.05, 4.69) is 22.0 Å². The molecular formula is C10H9BrN. The Bertz CT molecular complexity index is 323. The Kier molecular flexibility index (Phi) is 2.88. The molecule has 0 amide bonds. The lowest BCUT2D eigenvalue weighted by molar-refractivity contribution is 1.14. The van der Waals surface area contributed by atoms with Crippen LogP contribution in [0, 0.1) is 17.2 Å². The molecule has 0 saturated carbocycles. The minimum absolute atomic E-state index is 0.703. The molecule has 0 saturated heterocycles. The van der Waals surface area contributed by atoms with E-state index in [1.807, 2.05) is 26.0 Å². The quantitative estimate of drug-likeness (QED) is 0.716. The van der Waals surface area contributed by atoms with E-state index in [0.29, 0.717) is 5.56 Å². The minimum Gasteiger partial charge on any atom is -0.192 e. The van der Waals surface area contributed by atoms with Gasteiger partial charge in [-0.3, -0.25) is 0 Å². The van der Waals surface area contributed by atoms with Crippen molar-refractivity contribution >= 4 is 15.9 Å². The van der Waals surface area contributed by atoms with E-state index in [0.717, 1.165) is 10.0 Å². The zero-order valence-corrected chi connectivity index (χ0v) is 8.64. The number of nitriles is 1. The van der Waals surface area contributed by atoms with Crippen molar-refractivity contribution in [3.05, 3.63) is 39.7 Å². The summed E-state index contributed by atoms with van der Waals surface area (Å²) in [6.45, 7) is 4.06. The molecule has 1 rings (SSSR count). The Morgan fingerprint density at radius 1 is 1.42 bits per heavy atom. The molecule has 12 heavy (non-hydrogen) atoms. The molecule has 0 heterocycles. The molecule has 1 nitrogen and oxygen atoms in total. The molecule has 0 bridgehead atoms. The van der Waals surface area contributed by atoms with Crippen LogP contribution >= 0.6 is 15.9 Å². The summed E-state index contributed by atoms with van der Waals surface area (Å²) in [7, 11) is 0.